The summed E-state index contributed by atoms with van der Waals surface area (Å²) in [6.07, 6.45) is 1.84. The lowest BCUT2D eigenvalue weighted by molar-refractivity contribution is -0.149. The number of hydrogen-bond donors (Lipinski definition) is 5. The van der Waals surface area contributed by atoms with Crippen LogP contribution in [0.2, 0.25) is 0 Å². The van der Waals surface area contributed by atoms with Gasteiger partial charge >= 0.3 is 23.9 Å². The van der Waals surface area contributed by atoms with Crippen LogP contribution in [-0.4, -0.2) is 130 Å². The lowest BCUT2D eigenvalue weighted by atomic mass is 9.96. The molecule has 0 amide bonds. The Hall–Kier alpha value is -2.28. The van der Waals surface area contributed by atoms with Crippen LogP contribution in [0.1, 0.15) is 26.2 Å². The highest BCUT2D eigenvalue weighted by Gasteiger charge is 2.42. The maximum atomic E-state index is 12.0. The van der Waals surface area contributed by atoms with Gasteiger partial charge in [-0.05, 0) is 33.4 Å². The quantitative estimate of drug-likeness (QED) is 0.201. The van der Waals surface area contributed by atoms with Gasteiger partial charge in [-0.3, -0.25) is 33.9 Å². The van der Waals surface area contributed by atoms with Crippen LogP contribution in [0.25, 0.3) is 0 Å². The minimum Gasteiger partial charge on any atom is -0.480 e. The van der Waals surface area contributed by atoms with Crippen molar-refractivity contribution in [3.05, 3.63) is 0 Å². The zero-order valence-electron chi connectivity index (χ0n) is 18.1. The van der Waals surface area contributed by atoms with Gasteiger partial charge in [-0.25, -0.2) is 0 Å². The molecule has 0 aromatic carbocycles. The minimum atomic E-state index is -1.22. The third-order valence-electron chi connectivity index (χ3n) is 5.47. The number of unbranched alkanes of at least 4 members (excludes halogenated alkanes) is 1. The number of hydrogen-bond acceptors (Lipinski definition) is 8. The Balaban J connectivity index is 3.20. The Labute approximate surface area is 181 Å². The molecule has 178 valence electrons. The molecular weight excluding hydrogens is 412 g/mol. The summed E-state index contributed by atoms with van der Waals surface area (Å²) in [5.74, 6) is -4.52. The summed E-state index contributed by atoms with van der Waals surface area (Å²) in [5.41, 5.74) is -1.08. The van der Waals surface area contributed by atoms with Gasteiger partial charge in [-0.1, -0.05) is 6.42 Å². The first kappa shape index (κ1) is 26.8. The summed E-state index contributed by atoms with van der Waals surface area (Å²) in [5, 5.41) is 40.7. The normalized spacial score (nSPS) is 21.5. The van der Waals surface area contributed by atoms with Crippen molar-refractivity contribution in [3.8, 4) is 0 Å². The number of aliphatic carboxylic acids is 4. The predicted molar refractivity (Wildman–Crippen MR) is 110 cm³/mol. The summed E-state index contributed by atoms with van der Waals surface area (Å²) in [4.78, 5) is 50.6. The summed E-state index contributed by atoms with van der Waals surface area (Å²) in [6, 6.07) is -0.836. The van der Waals surface area contributed by atoms with Crippen molar-refractivity contribution in [2.24, 2.45) is 0 Å². The maximum Gasteiger partial charge on any atom is 0.320 e. The number of carboxylic acids is 4. The molecule has 0 radical (unpaired) electrons. The van der Waals surface area contributed by atoms with E-state index in [4.69, 9.17) is 0 Å². The third-order valence-corrected chi connectivity index (χ3v) is 5.47. The number of nitrogens with one attached hydrogen (secondary N) is 1. The molecule has 1 fully saturated rings. The molecule has 2 atom stereocenters. The van der Waals surface area contributed by atoms with E-state index in [9.17, 15) is 39.6 Å². The van der Waals surface area contributed by atoms with Crippen molar-refractivity contribution in [1.82, 2.24) is 20.0 Å². The number of carboxylic acid groups (broad SMARTS) is 4. The fourth-order valence-electron chi connectivity index (χ4n) is 4.06. The second-order valence-corrected chi connectivity index (χ2v) is 8.17. The molecule has 1 aliphatic heterocycles. The minimum absolute atomic E-state index is 0.0997. The first-order chi connectivity index (χ1) is 14.5. The van der Waals surface area contributed by atoms with Gasteiger partial charge in [-0.15, -0.1) is 0 Å². The van der Waals surface area contributed by atoms with Crippen LogP contribution >= 0.6 is 0 Å². The van der Waals surface area contributed by atoms with E-state index in [1.165, 1.54) is 4.90 Å². The lowest BCUT2D eigenvalue weighted by Gasteiger charge is -2.43. The van der Waals surface area contributed by atoms with Crippen LogP contribution in [-0.2, 0) is 19.2 Å². The van der Waals surface area contributed by atoms with E-state index < -0.39 is 48.5 Å². The van der Waals surface area contributed by atoms with Gasteiger partial charge in [0.15, 0.2) is 0 Å². The largest absolute Gasteiger partial charge is 0.480 e. The highest BCUT2D eigenvalue weighted by molar-refractivity contribution is 5.74. The topological polar surface area (TPSA) is 171 Å². The summed E-state index contributed by atoms with van der Waals surface area (Å²) >= 11 is 0. The van der Waals surface area contributed by atoms with Gasteiger partial charge in [0.25, 0.3) is 0 Å². The van der Waals surface area contributed by atoms with Crippen molar-refractivity contribution in [3.63, 3.8) is 0 Å². The number of carbonyl (C=O) groups is 4. The van der Waals surface area contributed by atoms with Crippen LogP contribution in [0, 0.1) is 0 Å². The summed E-state index contributed by atoms with van der Waals surface area (Å²) in [7, 11) is 1.81. The van der Waals surface area contributed by atoms with Gasteiger partial charge in [0.1, 0.15) is 6.04 Å². The molecule has 1 rings (SSSR count). The SMILES string of the molecule is CNCCCCC(C(=O)O)N1CCN(CC(=O)O)CC(C)(N(CC(=O)O)CC(=O)O)C1. The summed E-state index contributed by atoms with van der Waals surface area (Å²) < 4.78 is 0. The van der Waals surface area contributed by atoms with Gasteiger partial charge < -0.3 is 25.7 Å². The molecule has 0 spiro atoms. The molecule has 31 heavy (non-hydrogen) atoms. The Morgan fingerprint density at radius 1 is 0.968 bits per heavy atom. The molecule has 1 saturated heterocycles. The molecule has 12 nitrogen and oxygen atoms in total. The van der Waals surface area contributed by atoms with Crippen molar-refractivity contribution in [2.75, 3.05) is 59.4 Å². The fraction of sp³-hybridized carbons (Fsp3) is 0.789. The van der Waals surface area contributed by atoms with E-state index in [1.54, 1.807) is 16.7 Å². The molecule has 0 saturated carbocycles. The van der Waals surface area contributed by atoms with Crippen LogP contribution in [0.3, 0.4) is 0 Å². The molecular formula is C19H34N4O8. The molecule has 12 heteroatoms. The number of rotatable bonds is 14. The van der Waals surface area contributed by atoms with Gasteiger partial charge in [0.05, 0.1) is 19.6 Å². The van der Waals surface area contributed by atoms with E-state index in [2.05, 4.69) is 5.32 Å². The Morgan fingerprint density at radius 2 is 1.58 bits per heavy atom. The standard InChI is InChI=1S/C19H34N4O8/c1-19(23(10-16(26)27)11-17(28)29)12-21(9-15(24)25)7-8-22(13-19)14(18(30)31)5-3-4-6-20-2/h14,20H,3-13H2,1-2H3,(H,24,25)(H,26,27)(H,28,29)(H,30,31). The number of nitrogens with zero attached hydrogens (tertiary/aromatic N) is 3. The van der Waals surface area contributed by atoms with Crippen LogP contribution in [0.15, 0.2) is 0 Å². The first-order valence-corrected chi connectivity index (χ1v) is 10.2. The molecule has 1 heterocycles. The Kier molecular flexibility index (Phi) is 10.8. The molecule has 0 bridgehead atoms. The van der Waals surface area contributed by atoms with Crippen LogP contribution < -0.4 is 5.32 Å². The molecule has 0 aromatic rings. The molecule has 5 N–H and O–H groups in total. The fourth-order valence-corrected chi connectivity index (χ4v) is 4.06. The molecule has 0 aromatic heterocycles. The second kappa shape index (κ2) is 12.5. The van der Waals surface area contributed by atoms with Crippen LogP contribution in [0.4, 0.5) is 0 Å². The first-order valence-electron chi connectivity index (χ1n) is 10.2. The van der Waals surface area contributed by atoms with E-state index in [-0.39, 0.29) is 32.7 Å². The highest BCUT2D eigenvalue weighted by atomic mass is 16.4. The predicted octanol–water partition coefficient (Wildman–Crippen LogP) is -1.24. The van der Waals surface area contributed by atoms with Crippen molar-refractivity contribution in [1.29, 1.82) is 0 Å². The molecule has 1 aliphatic rings. The maximum absolute atomic E-state index is 12.0. The smallest absolute Gasteiger partial charge is 0.320 e. The van der Waals surface area contributed by atoms with E-state index in [1.807, 2.05) is 7.05 Å². The van der Waals surface area contributed by atoms with Crippen LogP contribution in [0.5, 0.6) is 0 Å². The van der Waals surface area contributed by atoms with Crippen molar-refractivity contribution < 1.29 is 39.6 Å². The van der Waals surface area contributed by atoms with E-state index >= 15 is 0 Å². The zero-order chi connectivity index (χ0) is 23.6. The van der Waals surface area contributed by atoms with Crippen molar-refractivity contribution >= 4 is 23.9 Å². The molecule has 2 unspecified atom stereocenters. The van der Waals surface area contributed by atoms with Gasteiger partial charge in [0, 0.05) is 31.7 Å². The summed E-state index contributed by atoms with van der Waals surface area (Å²) in [6.45, 7) is 1.74. The average Bonchev–Trinajstić information content (AvgIpc) is 2.79. The highest BCUT2D eigenvalue weighted by Crippen LogP contribution is 2.24. The Bertz CT molecular complexity index is 630. The second-order valence-electron chi connectivity index (χ2n) is 8.17. The monoisotopic (exact) mass is 446 g/mol. The molecule has 0 aliphatic carbocycles. The lowest BCUT2D eigenvalue weighted by Crippen LogP contribution is -2.61. The van der Waals surface area contributed by atoms with Gasteiger partial charge in [0.2, 0.25) is 0 Å². The van der Waals surface area contributed by atoms with E-state index in [0.717, 1.165) is 13.0 Å². The zero-order valence-corrected chi connectivity index (χ0v) is 18.1. The third kappa shape index (κ3) is 9.17. The van der Waals surface area contributed by atoms with Crippen molar-refractivity contribution in [2.45, 2.75) is 37.8 Å². The van der Waals surface area contributed by atoms with Gasteiger partial charge in [-0.2, -0.15) is 0 Å². The Morgan fingerprint density at radius 3 is 2.06 bits per heavy atom. The average molecular weight is 447 g/mol. The van der Waals surface area contributed by atoms with E-state index in [0.29, 0.717) is 12.8 Å².